The SMILES string of the molecule is CC(Oc1ccc2c(c1)OCO2)C(=O)N1CCn2c(C(N)=O)cnc2C1. The molecule has 2 N–H and O–H groups in total. The molecule has 136 valence electrons. The smallest absolute Gasteiger partial charge is 0.266 e. The topological polar surface area (TPSA) is 109 Å². The van der Waals surface area contributed by atoms with E-state index in [0.29, 0.717) is 48.4 Å². The molecule has 1 unspecified atom stereocenters. The summed E-state index contributed by atoms with van der Waals surface area (Å²) in [5.74, 6) is 1.74. The van der Waals surface area contributed by atoms with Crippen LogP contribution in [0, 0.1) is 0 Å². The lowest BCUT2D eigenvalue weighted by Crippen LogP contribution is -2.45. The zero-order valence-electron chi connectivity index (χ0n) is 14.2. The Balaban J connectivity index is 1.43. The van der Waals surface area contributed by atoms with Gasteiger partial charge in [0.05, 0.1) is 12.7 Å². The van der Waals surface area contributed by atoms with Crippen molar-refractivity contribution < 1.29 is 23.8 Å². The van der Waals surface area contributed by atoms with E-state index in [0.717, 1.165) is 0 Å². The van der Waals surface area contributed by atoms with Gasteiger partial charge in [-0.05, 0) is 19.1 Å². The first-order valence-corrected chi connectivity index (χ1v) is 8.22. The molecule has 2 aromatic rings. The summed E-state index contributed by atoms with van der Waals surface area (Å²) in [6, 6.07) is 5.19. The highest BCUT2D eigenvalue weighted by Crippen LogP contribution is 2.35. The van der Waals surface area contributed by atoms with Gasteiger partial charge in [-0.3, -0.25) is 9.59 Å². The standard InChI is InChI=1S/C17H18N4O5/c1-10(26-11-2-3-13-14(6-11)25-9-24-13)17(23)20-4-5-21-12(16(18)22)7-19-15(21)8-20/h2-3,6-7,10H,4-5,8-9H2,1H3,(H2,18,22). The van der Waals surface area contributed by atoms with E-state index in [1.807, 2.05) is 0 Å². The Bertz CT molecular complexity index is 878. The second-order valence-corrected chi connectivity index (χ2v) is 6.11. The first-order chi connectivity index (χ1) is 12.5. The van der Waals surface area contributed by atoms with Crippen LogP contribution in [0.4, 0.5) is 0 Å². The predicted octanol–water partition coefficient (Wildman–Crippen LogP) is 0.520. The van der Waals surface area contributed by atoms with Crippen LogP contribution < -0.4 is 19.9 Å². The van der Waals surface area contributed by atoms with E-state index in [1.54, 1.807) is 34.6 Å². The number of aromatic nitrogens is 2. The number of benzene rings is 1. The Labute approximate surface area is 149 Å². The summed E-state index contributed by atoms with van der Waals surface area (Å²) in [5, 5.41) is 0. The van der Waals surface area contributed by atoms with Crippen molar-refractivity contribution in [2.75, 3.05) is 13.3 Å². The van der Waals surface area contributed by atoms with Crippen molar-refractivity contribution in [3.63, 3.8) is 0 Å². The molecule has 0 aliphatic carbocycles. The summed E-state index contributed by atoms with van der Waals surface area (Å²) in [6.45, 7) is 3.11. The minimum Gasteiger partial charge on any atom is -0.481 e. The third-order valence-corrected chi connectivity index (χ3v) is 4.43. The summed E-state index contributed by atoms with van der Waals surface area (Å²) >= 11 is 0. The van der Waals surface area contributed by atoms with Crippen molar-refractivity contribution in [2.45, 2.75) is 26.1 Å². The number of nitrogens with two attached hydrogens (primary N) is 1. The van der Waals surface area contributed by atoms with Gasteiger partial charge in [-0.15, -0.1) is 0 Å². The monoisotopic (exact) mass is 358 g/mol. The maximum atomic E-state index is 12.7. The molecule has 2 aliphatic heterocycles. The Morgan fingerprint density at radius 2 is 2.08 bits per heavy atom. The summed E-state index contributed by atoms with van der Waals surface area (Å²) in [4.78, 5) is 29.9. The molecular weight excluding hydrogens is 340 g/mol. The Hall–Kier alpha value is -3.23. The number of rotatable bonds is 4. The van der Waals surface area contributed by atoms with Gasteiger partial charge in [0.15, 0.2) is 17.6 Å². The fraction of sp³-hybridized carbons (Fsp3) is 0.353. The molecule has 1 aromatic carbocycles. The van der Waals surface area contributed by atoms with Crippen molar-refractivity contribution in [1.82, 2.24) is 14.5 Å². The molecule has 26 heavy (non-hydrogen) atoms. The van der Waals surface area contributed by atoms with Gasteiger partial charge in [0.1, 0.15) is 17.3 Å². The van der Waals surface area contributed by atoms with Crippen LogP contribution in [0.1, 0.15) is 23.2 Å². The molecule has 1 atom stereocenters. The number of amides is 2. The molecule has 0 saturated heterocycles. The molecule has 2 aliphatic rings. The molecule has 0 radical (unpaired) electrons. The fourth-order valence-corrected chi connectivity index (χ4v) is 3.11. The van der Waals surface area contributed by atoms with Gasteiger partial charge in [0.2, 0.25) is 6.79 Å². The van der Waals surface area contributed by atoms with Crippen molar-refractivity contribution in [3.05, 3.63) is 35.9 Å². The van der Waals surface area contributed by atoms with Gasteiger partial charge >= 0.3 is 0 Å². The normalized spacial score (nSPS) is 16.1. The van der Waals surface area contributed by atoms with Crippen LogP contribution in [0.25, 0.3) is 0 Å². The zero-order valence-corrected chi connectivity index (χ0v) is 14.2. The summed E-state index contributed by atoms with van der Waals surface area (Å²) in [6.07, 6.45) is 0.769. The quantitative estimate of drug-likeness (QED) is 0.853. The molecule has 9 nitrogen and oxygen atoms in total. The van der Waals surface area contributed by atoms with E-state index >= 15 is 0 Å². The molecule has 0 bridgehead atoms. The molecule has 9 heteroatoms. The third kappa shape index (κ3) is 2.81. The van der Waals surface area contributed by atoms with E-state index < -0.39 is 12.0 Å². The molecule has 4 rings (SSSR count). The number of fused-ring (bicyclic) bond motifs is 2. The van der Waals surface area contributed by atoms with Crippen LogP contribution in [-0.4, -0.2) is 45.7 Å². The van der Waals surface area contributed by atoms with Crippen molar-refractivity contribution in [3.8, 4) is 17.2 Å². The molecule has 0 spiro atoms. The summed E-state index contributed by atoms with van der Waals surface area (Å²) < 4.78 is 18.1. The second kappa shape index (κ2) is 6.25. The lowest BCUT2D eigenvalue weighted by molar-refractivity contribution is -0.139. The van der Waals surface area contributed by atoms with Crippen LogP contribution >= 0.6 is 0 Å². The van der Waals surface area contributed by atoms with Crippen molar-refractivity contribution in [2.24, 2.45) is 5.73 Å². The second-order valence-electron chi connectivity index (χ2n) is 6.11. The van der Waals surface area contributed by atoms with Gasteiger partial charge in [-0.2, -0.15) is 0 Å². The van der Waals surface area contributed by atoms with Crippen LogP contribution in [0.5, 0.6) is 17.2 Å². The minimum atomic E-state index is -0.674. The number of primary amides is 1. The lowest BCUT2D eigenvalue weighted by Gasteiger charge is -2.30. The summed E-state index contributed by atoms with van der Waals surface area (Å²) in [5.41, 5.74) is 5.69. The molecule has 3 heterocycles. The molecule has 1 aromatic heterocycles. The van der Waals surface area contributed by atoms with E-state index in [1.165, 1.54) is 6.20 Å². The average molecular weight is 358 g/mol. The Morgan fingerprint density at radius 3 is 2.88 bits per heavy atom. The van der Waals surface area contributed by atoms with Crippen LogP contribution in [0.2, 0.25) is 0 Å². The highest BCUT2D eigenvalue weighted by atomic mass is 16.7. The van der Waals surface area contributed by atoms with Gasteiger partial charge in [-0.1, -0.05) is 0 Å². The maximum absolute atomic E-state index is 12.7. The van der Waals surface area contributed by atoms with Gasteiger partial charge < -0.3 is 29.4 Å². The summed E-state index contributed by atoms with van der Waals surface area (Å²) in [7, 11) is 0. The first-order valence-electron chi connectivity index (χ1n) is 8.22. The Kier molecular flexibility index (Phi) is 3.90. The van der Waals surface area contributed by atoms with Crippen LogP contribution in [0.3, 0.4) is 0 Å². The maximum Gasteiger partial charge on any atom is 0.266 e. The average Bonchev–Trinajstić information content (AvgIpc) is 3.26. The van der Waals surface area contributed by atoms with E-state index in [-0.39, 0.29) is 12.7 Å². The van der Waals surface area contributed by atoms with Gasteiger partial charge in [0.25, 0.3) is 11.8 Å². The fourth-order valence-electron chi connectivity index (χ4n) is 3.11. The molecule has 0 fully saturated rings. The van der Waals surface area contributed by atoms with Gasteiger partial charge in [0, 0.05) is 19.2 Å². The van der Waals surface area contributed by atoms with Crippen molar-refractivity contribution >= 4 is 11.8 Å². The number of imidazole rings is 1. The van der Waals surface area contributed by atoms with E-state index in [4.69, 9.17) is 19.9 Å². The van der Waals surface area contributed by atoms with Crippen LogP contribution in [-0.2, 0) is 17.9 Å². The predicted molar refractivity (Wildman–Crippen MR) is 88.8 cm³/mol. The molecular formula is C17H18N4O5. The number of carbonyl (C=O) groups is 2. The number of nitrogens with zero attached hydrogens (tertiary/aromatic N) is 3. The van der Waals surface area contributed by atoms with E-state index in [2.05, 4.69) is 4.98 Å². The largest absolute Gasteiger partial charge is 0.481 e. The highest BCUT2D eigenvalue weighted by molar-refractivity contribution is 5.91. The van der Waals surface area contributed by atoms with Crippen LogP contribution in [0.15, 0.2) is 24.4 Å². The Morgan fingerprint density at radius 1 is 1.27 bits per heavy atom. The zero-order chi connectivity index (χ0) is 18.3. The number of hydrogen-bond donors (Lipinski definition) is 1. The van der Waals surface area contributed by atoms with Crippen molar-refractivity contribution in [1.29, 1.82) is 0 Å². The highest BCUT2D eigenvalue weighted by Gasteiger charge is 2.28. The van der Waals surface area contributed by atoms with Gasteiger partial charge in [-0.25, -0.2) is 4.98 Å². The number of ether oxygens (including phenoxy) is 3. The number of carbonyl (C=O) groups excluding carboxylic acids is 2. The molecule has 2 amide bonds. The number of hydrogen-bond acceptors (Lipinski definition) is 6. The third-order valence-electron chi connectivity index (χ3n) is 4.43. The first kappa shape index (κ1) is 16.2. The minimum absolute atomic E-state index is 0.155. The molecule has 0 saturated carbocycles. The van der Waals surface area contributed by atoms with E-state index in [9.17, 15) is 9.59 Å². The lowest BCUT2D eigenvalue weighted by atomic mass is 10.2.